The fraction of sp³-hybridized carbons (Fsp3) is 0.263. The van der Waals surface area contributed by atoms with Gasteiger partial charge in [-0.1, -0.05) is 52.3 Å². The van der Waals surface area contributed by atoms with E-state index in [0.717, 1.165) is 10.2 Å². The largest absolute Gasteiger partial charge is 0.311 e. The van der Waals surface area contributed by atoms with E-state index in [0.29, 0.717) is 6.54 Å². The van der Waals surface area contributed by atoms with Crippen LogP contribution in [0.25, 0.3) is 0 Å². The van der Waals surface area contributed by atoms with Gasteiger partial charge in [0.1, 0.15) is 0 Å². The molecule has 0 bridgehead atoms. The number of halogens is 2. The van der Waals surface area contributed by atoms with Gasteiger partial charge in [-0.2, -0.15) is 0 Å². The van der Waals surface area contributed by atoms with Crippen molar-refractivity contribution >= 4 is 44.4 Å². The number of carbonyl (C=O) groups excluding carboxylic acids is 2. The van der Waals surface area contributed by atoms with Gasteiger partial charge in [0.2, 0.25) is 11.1 Å². The first-order valence-corrected chi connectivity index (χ1v) is 8.72. The number of fused-ring (bicyclic) bond motifs is 1. The maximum atomic E-state index is 11.9. The second-order valence-electron chi connectivity index (χ2n) is 5.94. The standard InChI is InChI=1S/C17H16BrNO.C2H3ClO/c1-12(20)19-11-17(2,13-6-4-3-5-7-13)15-9-8-14(18)10-16(15)19;1-2(3)4/h3-10H,11H2,1-2H3;1H3. The fourth-order valence-electron chi connectivity index (χ4n) is 3.02. The van der Waals surface area contributed by atoms with E-state index >= 15 is 0 Å². The normalized spacial score (nSPS) is 18.5. The van der Waals surface area contributed by atoms with E-state index in [-0.39, 0.29) is 16.6 Å². The summed E-state index contributed by atoms with van der Waals surface area (Å²) in [6, 6.07) is 16.6. The van der Waals surface area contributed by atoms with Gasteiger partial charge < -0.3 is 4.90 Å². The van der Waals surface area contributed by atoms with Gasteiger partial charge >= 0.3 is 0 Å². The molecule has 2 aromatic carbocycles. The monoisotopic (exact) mass is 407 g/mol. The molecule has 126 valence electrons. The average molecular weight is 409 g/mol. The van der Waals surface area contributed by atoms with E-state index in [1.54, 1.807) is 6.92 Å². The molecule has 1 heterocycles. The minimum absolute atomic E-state index is 0.0870. The first-order chi connectivity index (χ1) is 11.3. The SMILES string of the molecule is CC(=O)Cl.CC(=O)N1CC(C)(c2ccccc2)c2ccc(Br)cc21. The van der Waals surface area contributed by atoms with Crippen LogP contribution in [-0.4, -0.2) is 17.7 Å². The van der Waals surface area contributed by atoms with Crippen molar-refractivity contribution in [3.63, 3.8) is 0 Å². The van der Waals surface area contributed by atoms with E-state index in [4.69, 9.17) is 0 Å². The summed E-state index contributed by atoms with van der Waals surface area (Å²) in [5, 5.41) is -0.361. The van der Waals surface area contributed by atoms with Crippen LogP contribution in [0, 0.1) is 0 Å². The first-order valence-electron chi connectivity index (χ1n) is 7.55. The smallest absolute Gasteiger partial charge is 0.223 e. The van der Waals surface area contributed by atoms with Crippen molar-refractivity contribution in [2.45, 2.75) is 26.2 Å². The Morgan fingerprint density at radius 1 is 1.12 bits per heavy atom. The molecule has 1 aliphatic rings. The van der Waals surface area contributed by atoms with Crippen molar-refractivity contribution in [3.05, 3.63) is 64.1 Å². The second kappa shape index (κ2) is 7.49. The molecule has 0 aromatic heterocycles. The Kier molecular flexibility index (Phi) is 5.83. The van der Waals surface area contributed by atoms with Crippen LogP contribution in [0.1, 0.15) is 31.9 Å². The van der Waals surface area contributed by atoms with Gasteiger partial charge in [0, 0.05) is 36.0 Å². The fourth-order valence-corrected chi connectivity index (χ4v) is 3.36. The molecule has 0 fully saturated rings. The lowest BCUT2D eigenvalue weighted by Crippen LogP contribution is -2.34. The molecule has 0 saturated carbocycles. The van der Waals surface area contributed by atoms with Crippen LogP contribution in [0.4, 0.5) is 5.69 Å². The van der Waals surface area contributed by atoms with Crippen molar-refractivity contribution in [2.75, 3.05) is 11.4 Å². The van der Waals surface area contributed by atoms with Gasteiger partial charge in [-0.25, -0.2) is 0 Å². The third-order valence-corrected chi connectivity index (χ3v) is 4.60. The highest BCUT2D eigenvalue weighted by molar-refractivity contribution is 9.10. The Labute approximate surface area is 155 Å². The second-order valence-corrected chi connectivity index (χ2v) is 7.38. The van der Waals surface area contributed by atoms with Crippen LogP contribution >= 0.6 is 27.5 Å². The highest BCUT2D eigenvalue weighted by atomic mass is 79.9. The maximum Gasteiger partial charge on any atom is 0.223 e. The number of amides is 1. The summed E-state index contributed by atoms with van der Waals surface area (Å²) in [5.41, 5.74) is 3.32. The number of benzene rings is 2. The van der Waals surface area contributed by atoms with Gasteiger partial charge in [0.15, 0.2) is 0 Å². The highest BCUT2D eigenvalue weighted by Gasteiger charge is 2.41. The van der Waals surface area contributed by atoms with E-state index in [1.165, 1.54) is 18.1 Å². The Bertz CT molecular complexity index is 759. The molecule has 5 heteroatoms. The summed E-state index contributed by atoms with van der Waals surface area (Å²) in [7, 11) is 0. The molecular formula is C19H19BrClNO2. The number of anilines is 1. The quantitative estimate of drug-likeness (QED) is 0.630. The highest BCUT2D eigenvalue weighted by Crippen LogP contribution is 2.45. The molecule has 1 aliphatic heterocycles. The first kappa shape index (κ1) is 18.7. The summed E-state index contributed by atoms with van der Waals surface area (Å²) in [6.45, 7) is 5.82. The summed E-state index contributed by atoms with van der Waals surface area (Å²) in [4.78, 5) is 23.0. The van der Waals surface area contributed by atoms with Crippen molar-refractivity contribution < 1.29 is 9.59 Å². The summed E-state index contributed by atoms with van der Waals surface area (Å²) >= 11 is 8.13. The van der Waals surface area contributed by atoms with Gasteiger partial charge in [0.05, 0.1) is 0 Å². The lowest BCUT2D eigenvalue weighted by atomic mass is 9.78. The summed E-state index contributed by atoms with van der Waals surface area (Å²) in [5.74, 6) is 0.0870. The van der Waals surface area contributed by atoms with Gasteiger partial charge in [-0.15, -0.1) is 0 Å². The van der Waals surface area contributed by atoms with Gasteiger partial charge in [-0.3, -0.25) is 9.59 Å². The Morgan fingerprint density at radius 2 is 1.71 bits per heavy atom. The predicted octanol–water partition coefficient (Wildman–Crippen LogP) is 4.89. The third kappa shape index (κ3) is 3.87. The van der Waals surface area contributed by atoms with Crippen molar-refractivity contribution in [3.8, 4) is 0 Å². The Morgan fingerprint density at radius 3 is 2.25 bits per heavy atom. The maximum absolute atomic E-state index is 11.9. The topological polar surface area (TPSA) is 37.4 Å². The van der Waals surface area contributed by atoms with Crippen LogP contribution in [0.15, 0.2) is 53.0 Å². The van der Waals surface area contributed by atoms with Crippen molar-refractivity contribution in [1.82, 2.24) is 0 Å². The van der Waals surface area contributed by atoms with Crippen molar-refractivity contribution in [1.29, 1.82) is 0 Å². The molecule has 1 atom stereocenters. The lowest BCUT2D eigenvalue weighted by Gasteiger charge is -2.26. The molecule has 0 spiro atoms. The molecular weight excluding hydrogens is 390 g/mol. The number of hydrogen-bond donors (Lipinski definition) is 0. The molecule has 1 unspecified atom stereocenters. The van der Waals surface area contributed by atoms with Crippen LogP contribution in [0.2, 0.25) is 0 Å². The number of carbonyl (C=O) groups is 2. The number of nitrogens with zero attached hydrogens (tertiary/aromatic N) is 1. The number of rotatable bonds is 1. The van der Waals surface area contributed by atoms with Gasteiger partial charge in [0.25, 0.3) is 0 Å². The molecule has 0 aliphatic carbocycles. The van der Waals surface area contributed by atoms with Crippen LogP contribution in [0.5, 0.6) is 0 Å². The molecule has 1 amide bonds. The summed E-state index contributed by atoms with van der Waals surface area (Å²) < 4.78 is 1.000. The van der Waals surface area contributed by atoms with Crippen LogP contribution in [0.3, 0.4) is 0 Å². The lowest BCUT2D eigenvalue weighted by molar-refractivity contribution is -0.116. The molecule has 3 nitrogen and oxygen atoms in total. The molecule has 0 radical (unpaired) electrons. The van der Waals surface area contributed by atoms with Crippen LogP contribution in [-0.2, 0) is 15.0 Å². The Hall–Kier alpha value is -1.65. The minimum Gasteiger partial charge on any atom is -0.311 e. The third-order valence-electron chi connectivity index (χ3n) is 4.11. The van der Waals surface area contributed by atoms with Crippen LogP contribution < -0.4 is 4.90 Å². The summed E-state index contributed by atoms with van der Waals surface area (Å²) in [6.07, 6.45) is 0. The van der Waals surface area contributed by atoms with E-state index in [1.807, 2.05) is 23.1 Å². The van der Waals surface area contributed by atoms with Gasteiger partial charge in [-0.05, 0) is 41.8 Å². The molecule has 3 rings (SSSR count). The van der Waals surface area contributed by atoms with E-state index in [2.05, 4.69) is 64.8 Å². The zero-order chi connectivity index (χ0) is 17.9. The van der Waals surface area contributed by atoms with E-state index in [9.17, 15) is 9.59 Å². The number of hydrogen-bond acceptors (Lipinski definition) is 2. The molecule has 0 saturated heterocycles. The Balaban J connectivity index is 0.000000471. The molecule has 2 aromatic rings. The zero-order valence-electron chi connectivity index (χ0n) is 13.8. The molecule has 0 N–H and O–H groups in total. The minimum atomic E-state index is -0.361. The average Bonchev–Trinajstić information content (AvgIpc) is 2.82. The molecule has 24 heavy (non-hydrogen) atoms. The predicted molar refractivity (Wildman–Crippen MR) is 102 cm³/mol. The zero-order valence-corrected chi connectivity index (χ0v) is 16.2. The van der Waals surface area contributed by atoms with E-state index < -0.39 is 0 Å². The van der Waals surface area contributed by atoms with Crippen molar-refractivity contribution in [2.24, 2.45) is 0 Å².